The lowest BCUT2D eigenvalue weighted by Gasteiger charge is -2.25. The van der Waals surface area contributed by atoms with E-state index in [1.165, 1.54) is 12.5 Å². The number of aryl methyl sites for hydroxylation is 1. The lowest BCUT2D eigenvalue weighted by Crippen LogP contribution is -2.30. The summed E-state index contributed by atoms with van der Waals surface area (Å²) in [6.07, 6.45) is 6.36. The van der Waals surface area contributed by atoms with E-state index in [0.717, 1.165) is 37.2 Å². The Labute approximate surface area is 154 Å². The lowest BCUT2D eigenvalue weighted by atomic mass is 9.96. The van der Waals surface area contributed by atoms with Crippen molar-refractivity contribution in [2.45, 2.75) is 37.1 Å². The van der Waals surface area contributed by atoms with Crippen molar-refractivity contribution in [2.24, 2.45) is 0 Å². The van der Waals surface area contributed by atoms with Crippen molar-refractivity contribution in [3.8, 4) is 0 Å². The van der Waals surface area contributed by atoms with Crippen molar-refractivity contribution in [3.05, 3.63) is 41.5 Å². The first-order valence-corrected chi connectivity index (χ1v) is 10.6. The second-order valence-electron chi connectivity index (χ2n) is 6.86. The Hall–Kier alpha value is -2.06. The van der Waals surface area contributed by atoms with Gasteiger partial charge in [-0.2, -0.15) is 0 Å². The fraction of sp³-hybridized carbons (Fsp3) is 0.500. The van der Waals surface area contributed by atoms with Crippen molar-refractivity contribution >= 4 is 15.8 Å². The van der Waals surface area contributed by atoms with Crippen LogP contribution in [0.2, 0.25) is 0 Å². The molecule has 0 bridgehead atoms. The van der Waals surface area contributed by atoms with Crippen molar-refractivity contribution in [1.82, 2.24) is 20.3 Å². The molecule has 1 aliphatic heterocycles. The van der Waals surface area contributed by atoms with Gasteiger partial charge in [0.15, 0.2) is 9.84 Å². The molecule has 26 heavy (non-hydrogen) atoms. The van der Waals surface area contributed by atoms with E-state index in [-0.39, 0.29) is 10.8 Å². The maximum atomic E-state index is 12.2. The van der Waals surface area contributed by atoms with Crippen LogP contribution in [-0.2, 0) is 16.4 Å². The van der Waals surface area contributed by atoms with Crippen LogP contribution in [0, 0.1) is 6.92 Å². The number of aromatic nitrogens is 3. The second-order valence-corrected chi connectivity index (χ2v) is 8.84. The third kappa shape index (κ3) is 4.19. The third-order valence-electron chi connectivity index (χ3n) is 4.70. The van der Waals surface area contributed by atoms with Gasteiger partial charge in [0.1, 0.15) is 4.90 Å². The van der Waals surface area contributed by atoms with Gasteiger partial charge in [0.25, 0.3) is 0 Å². The van der Waals surface area contributed by atoms with Crippen LogP contribution < -0.4 is 10.2 Å². The summed E-state index contributed by atoms with van der Waals surface area (Å²) in [6.45, 7) is 4.28. The quantitative estimate of drug-likeness (QED) is 0.851. The number of sulfone groups is 1. The number of nitrogens with one attached hydrogen (secondary N) is 1. The van der Waals surface area contributed by atoms with E-state index >= 15 is 0 Å². The molecular weight excluding hydrogens is 350 g/mol. The minimum absolute atomic E-state index is 0.0835. The van der Waals surface area contributed by atoms with E-state index in [1.54, 1.807) is 6.20 Å². The first-order valence-electron chi connectivity index (χ1n) is 8.75. The number of nitrogens with zero attached hydrogens (tertiary/aromatic N) is 4. The van der Waals surface area contributed by atoms with E-state index < -0.39 is 9.84 Å². The van der Waals surface area contributed by atoms with Gasteiger partial charge in [0, 0.05) is 32.0 Å². The Morgan fingerprint density at radius 1 is 1.35 bits per heavy atom. The summed E-state index contributed by atoms with van der Waals surface area (Å²) in [5, 5.41) is 3.33. The molecule has 0 radical (unpaired) electrons. The molecule has 2 aromatic heterocycles. The average molecular weight is 375 g/mol. The molecule has 1 aliphatic rings. The summed E-state index contributed by atoms with van der Waals surface area (Å²) < 4.78 is 24.4. The zero-order valence-electron chi connectivity index (χ0n) is 15.4. The maximum Gasteiger partial charge on any atom is 0.225 e. The van der Waals surface area contributed by atoms with Gasteiger partial charge < -0.3 is 10.2 Å². The Morgan fingerprint density at radius 2 is 2.15 bits per heavy atom. The van der Waals surface area contributed by atoms with E-state index in [1.807, 2.05) is 31.0 Å². The van der Waals surface area contributed by atoms with Gasteiger partial charge in [0.2, 0.25) is 5.95 Å². The van der Waals surface area contributed by atoms with Gasteiger partial charge in [0.05, 0.1) is 24.1 Å². The van der Waals surface area contributed by atoms with Crippen molar-refractivity contribution in [3.63, 3.8) is 0 Å². The summed E-state index contributed by atoms with van der Waals surface area (Å²) >= 11 is 0. The predicted molar refractivity (Wildman–Crippen MR) is 101 cm³/mol. The predicted octanol–water partition coefficient (Wildman–Crippen LogP) is 1.69. The molecular formula is C18H25N5O2S. The molecule has 0 unspecified atom stereocenters. The SMILES string of the molecule is Cc1cccnc1CN(C)c1ncc(S(C)(=O)=O)c([C@@H]2CCCNC2)n1. The Morgan fingerprint density at radius 3 is 2.81 bits per heavy atom. The summed E-state index contributed by atoms with van der Waals surface area (Å²) in [6, 6.07) is 3.92. The topological polar surface area (TPSA) is 88.1 Å². The third-order valence-corrected chi connectivity index (χ3v) is 5.81. The van der Waals surface area contributed by atoms with Crippen LogP contribution in [0.3, 0.4) is 0 Å². The minimum Gasteiger partial charge on any atom is -0.338 e. The first-order chi connectivity index (χ1) is 12.4. The van der Waals surface area contributed by atoms with Crippen LogP contribution >= 0.6 is 0 Å². The normalized spacial score (nSPS) is 17.9. The van der Waals surface area contributed by atoms with E-state index in [9.17, 15) is 8.42 Å². The van der Waals surface area contributed by atoms with Crippen molar-refractivity contribution in [2.75, 3.05) is 31.3 Å². The molecule has 3 heterocycles. The zero-order valence-corrected chi connectivity index (χ0v) is 16.3. The highest BCUT2D eigenvalue weighted by molar-refractivity contribution is 7.90. The van der Waals surface area contributed by atoms with Crippen LogP contribution in [0.5, 0.6) is 0 Å². The number of piperidine rings is 1. The van der Waals surface area contributed by atoms with Crippen LogP contribution in [0.15, 0.2) is 29.4 Å². The van der Waals surface area contributed by atoms with E-state index in [4.69, 9.17) is 0 Å². The van der Waals surface area contributed by atoms with E-state index in [0.29, 0.717) is 18.2 Å². The average Bonchev–Trinajstić information content (AvgIpc) is 2.63. The van der Waals surface area contributed by atoms with Crippen molar-refractivity contribution in [1.29, 1.82) is 0 Å². The Balaban J connectivity index is 1.94. The first kappa shape index (κ1) is 18.7. The van der Waals surface area contributed by atoms with Gasteiger partial charge in [-0.1, -0.05) is 6.07 Å². The molecule has 1 saturated heterocycles. The molecule has 1 N–H and O–H groups in total. The van der Waals surface area contributed by atoms with Gasteiger partial charge in [-0.05, 0) is 37.9 Å². The monoisotopic (exact) mass is 375 g/mol. The fourth-order valence-corrected chi connectivity index (χ4v) is 4.04. The van der Waals surface area contributed by atoms with Gasteiger partial charge in [-0.15, -0.1) is 0 Å². The van der Waals surface area contributed by atoms with Crippen LogP contribution in [0.1, 0.15) is 35.7 Å². The standard InChI is InChI=1S/C18H25N5O2S/c1-13-6-4-9-20-15(13)12-23(2)18-21-11-16(26(3,24)25)17(22-18)14-7-5-8-19-10-14/h4,6,9,11,14,19H,5,7-8,10,12H2,1-3H3/t14-/m1/s1. The molecule has 0 saturated carbocycles. The molecule has 140 valence electrons. The summed E-state index contributed by atoms with van der Waals surface area (Å²) in [5.74, 6) is 0.600. The molecule has 0 aromatic carbocycles. The Bertz CT molecular complexity index is 879. The lowest BCUT2D eigenvalue weighted by molar-refractivity contribution is 0.447. The summed E-state index contributed by atoms with van der Waals surface area (Å²) in [5.41, 5.74) is 2.67. The molecule has 7 nitrogen and oxygen atoms in total. The molecule has 0 aliphatic carbocycles. The zero-order chi connectivity index (χ0) is 18.7. The van der Waals surface area contributed by atoms with Gasteiger partial charge in [-0.3, -0.25) is 4.98 Å². The number of hydrogen-bond donors (Lipinski definition) is 1. The molecule has 8 heteroatoms. The number of hydrogen-bond acceptors (Lipinski definition) is 7. The van der Waals surface area contributed by atoms with Gasteiger partial charge in [-0.25, -0.2) is 18.4 Å². The molecule has 1 atom stereocenters. The highest BCUT2D eigenvalue weighted by Crippen LogP contribution is 2.28. The minimum atomic E-state index is -3.37. The van der Waals surface area contributed by atoms with Crippen molar-refractivity contribution < 1.29 is 8.42 Å². The molecule has 2 aromatic rings. The second kappa shape index (κ2) is 7.67. The highest BCUT2D eigenvalue weighted by atomic mass is 32.2. The smallest absolute Gasteiger partial charge is 0.225 e. The molecule has 0 spiro atoms. The Kier molecular flexibility index (Phi) is 5.52. The van der Waals surface area contributed by atoms with Crippen LogP contribution in [-0.4, -0.2) is 49.8 Å². The largest absolute Gasteiger partial charge is 0.338 e. The number of anilines is 1. The van der Waals surface area contributed by atoms with Gasteiger partial charge >= 0.3 is 0 Å². The maximum absolute atomic E-state index is 12.2. The summed E-state index contributed by atoms with van der Waals surface area (Å²) in [4.78, 5) is 15.5. The molecule has 3 rings (SSSR count). The number of pyridine rings is 1. The fourth-order valence-electron chi connectivity index (χ4n) is 3.20. The summed E-state index contributed by atoms with van der Waals surface area (Å²) in [7, 11) is -1.48. The molecule has 0 amide bonds. The van der Waals surface area contributed by atoms with Crippen LogP contribution in [0.25, 0.3) is 0 Å². The molecule has 1 fully saturated rings. The van der Waals surface area contributed by atoms with E-state index in [2.05, 4.69) is 20.3 Å². The number of rotatable bonds is 5. The highest BCUT2D eigenvalue weighted by Gasteiger charge is 2.26. The van der Waals surface area contributed by atoms with Crippen LogP contribution in [0.4, 0.5) is 5.95 Å².